The summed E-state index contributed by atoms with van der Waals surface area (Å²) in [5, 5.41) is 4.51. The number of benzene rings is 1. The molecular formula is C19H23N5O. The first kappa shape index (κ1) is 16.1. The van der Waals surface area contributed by atoms with Gasteiger partial charge in [-0.15, -0.1) is 0 Å². The summed E-state index contributed by atoms with van der Waals surface area (Å²) in [6.07, 6.45) is 7.80. The van der Waals surface area contributed by atoms with Crippen LogP contribution in [0.4, 0.5) is 0 Å². The molecule has 130 valence electrons. The van der Waals surface area contributed by atoms with E-state index in [0.717, 1.165) is 49.8 Å². The number of morpholine rings is 1. The van der Waals surface area contributed by atoms with Gasteiger partial charge in [-0.3, -0.25) is 4.90 Å². The molecule has 3 heterocycles. The van der Waals surface area contributed by atoms with E-state index in [1.54, 1.807) is 0 Å². The molecule has 1 aliphatic rings. The molecule has 0 radical (unpaired) electrons. The second-order valence-corrected chi connectivity index (χ2v) is 6.46. The van der Waals surface area contributed by atoms with Crippen LogP contribution in [0.2, 0.25) is 0 Å². The number of para-hydroxylation sites is 1. The van der Waals surface area contributed by atoms with Crippen molar-refractivity contribution in [3.63, 3.8) is 0 Å². The lowest BCUT2D eigenvalue weighted by atomic mass is 10.2. The van der Waals surface area contributed by atoms with Crippen molar-refractivity contribution >= 4 is 0 Å². The van der Waals surface area contributed by atoms with Crippen molar-refractivity contribution in [2.24, 2.45) is 0 Å². The fraction of sp³-hybridized carbons (Fsp3) is 0.368. The Morgan fingerprint density at radius 3 is 2.72 bits per heavy atom. The van der Waals surface area contributed by atoms with Crippen LogP contribution in [0, 0.1) is 0 Å². The van der Waals surface area contributed by atoms with Gasteiger partial charge in [-0.1, -0.05) is 18.2 Å². The fourth-order valence-electron chi connectivity index (χ4n) is 3.30. The Labute approximate surface area is 147 Å². The molecule has 0 amide bonds. The Bertz CT molecular complexity index is 804. The maximum Gasteiger partial charge on any atom is 0.0953 e. The second-order valence-electron chi connectivity index (χ2n) is 6.46. The Morgan fingerprint density at radius 1 is 1.12 bits per heavy atom. The summed E-state index contributed by atoms with van der Waals surface area (Å²) in [5.74, 6) is 0. The number of imidazole rings is 1. The van der Waals surface area contributed by atoms with Crippen LogP contribution in [0.3, 0.4) is 0 Å². The minimum Gasteiger partial charge on any atom is -0.379 e. The predicted molar refractivity (Wildman–Crippen MR) is 96.8 cm³/mol. The normalized spacial score (nSPS) is 16.8. The van der Waals surface area contributed by atoms with E-state index in [1.165, 1.54) is 0 Å². The molecule has 1 saturated heterocycles. The van der Waals surface area contributed by atoms with Crippen LogP contribution in [0.25, 0.3) is 16.9 Å². The minimum atomic E-state index is 0.343. The van der Waals surface area contributed by atoms with Crippen LogP contribution < -0.4 is 0 Å². The lowest BCUT2D eigenvalue weighted by Crippen LogP contribution is -2.39. The van der Waals surface area contributed by atoms with Crippen molar-refractivity contribution in [3.8, 4) is 16.9 Å². The zero-order chi connectivity index (χ0) is 17.1. The Kier molecular flexibility index (Phi) is 4.63. The summed E-state index contributed by atoms with van der Waals surface area (Å²) in [6, 6.07) is 10.5. The number of nitrogens with zero attached hydrogens (tertiary/aromatic N) is 5. The summed E-state index contributed by atoms with van der Waals surface area (Å²) in [5.41, 5.74) is 3.24. The minimum absolute atomic E-state index is 0.343. The van der Waals surface area contributed by atoms with Crippen molar-refractivity contribution in [3.05, 3.63) is 55.2 Å². The number of rotatable bonds is 5. The first-order valence-electron chi connectivity index (χ1n) is 8.73. The maximum atomic E-state index is 5.44. The fourth-order valence-corrected chi connectivity index (χ4v) is 3.30. The molecule has 1 aromatic carbocycles. The molecule has 3 aromatic rings. The summed E-state index contributed by atoms with van der Waals surface area (Å²) in [6.45, 7) is 6.89. The zero-order valence-electron chi connectivity index (χ0n) is 14.5. The lowest BCUT2D eigenvalue weighted by Gasteiger charge is -2.30. The Balaban J connectivity index is 1.54. The number of hydrogen-bond donors (Lipinski definition) is 0. The molecule has 6 nitrogen and oxygen atoms in total. The van der Waals surface area contributed by atoms with Gasteiger partial charge < -0.3 is 9.30 Å². The van der Waals surface area contributed by atoms with Crippen molar-refractivity contribution in [1.29, 1.82) is 0 Å². The molecule has 6 heteroatoms. The molecule has 2 aromatic heterocycles. The molecule has 1 atom stereocenters. The van der Waals surface area contributed by atoms with E-state index in [2.05, 4.69) is 44.8 Å². The monoisotopic (exact) mass is 337 g/mol. The highest BCUT2D eigenvalue weighted by Gasteiger charge is 2.17. The van der Waals surface area contributed by atoms with Gasteiger partial charge in [-0.25, -0.2) is 9.67 Å². The van der Waals surface area contributed by atoms with Gasteiger partial charge in [0.25, 0.3) is 0 Å². The third-order valence-electron chi connectivity index (χ3n) is 4.67. The van der Waals surface area contributed by atoms with E-state index in [-0.39, 0.29) is 0 Å². The summed E-state index contributed by atoms with van der Waals surface area (Å²) in [7, 11) is 0. The molecule has 1 aliphatic heterocycles. The molecule has 1 fully saturated rings. The molecule has 0 saturated carbocycles. The van der Waals surface area contributed by atoms with Crippen molar-refractivity contribution in [1.82, 2.24) is 24.2 Å². The van der Waals surface area contributed by atoms with Crippen LogP contribution in [0.5, 0.6) is 0 Å². The highest BCUT2D eigenvalue weighted by atomic mass is 16.5. The van der Waals surface area contributed by atoms with Crippen molar-refractivity contribution in [2.45, 2.75) is 13.0 Å². The summed E-state index contributed by atoms with van der Waals surface area (Å²) < 4.78 is 9.58. The van der Waals surface area contributed by atoms with E-state index in [0.29, 0.717) is 6.04 Å². The number of hydrogen-bond acceptors (Lipinski definition) is 4. The van der Waals surface area contributed by atoms with Crippen LogP contribution in [0.15, 0.2) is 55.2 Å². The standard InChI is InChI=1S/C19H23N5O/c1-16(13-22-7-9-25-10-8-22)23-15-20-12-19(23)17-11-21-24(14-17)18-5-3-2-4-6-18/h2-6,11-12,14-16H,7-10,13H2,1H3/t16-/m1/s1. The van der Waals surface area contributed by atoms with Gasteiger partial charge in [0.2, 0.25) is 0 Å². The van der Waals surface area contributed by atoms with Crippen LogP contribution in [-0.2, 0) is 4.74 Å². The van der Waals surface area contributed by atoms with Crippen LogP contribution in [-0.4, -0.2) is 57.1 Å². The Morgan fingerprint density at radius 2 is 1.92 bits per heavy atom. The van der Waals surface area contributed by atoms with Crippen LogP contribution in [0.1, 0.15) is 13.0 Å². The van der Waals surface area contributed by atoms with E-state index >= 15 is 0 Å². The number of aromatic nitrogens is 4. The third kappa shape index (κ3) is 3.50. The van der Waals surface area contributed by atoms with Gasteiger partial charge >= 0.3 is 0 Å². The van der Waals surface area contributed by atoms with E-state index < -0.39 is 0 Å². The molecule has 0 unspecified atom stereocenters. The van der Waals surface area contributed by atoms with E-state index in [4.69, 9.17) is 4.74 Å². The quantitative estimate of drug-likeness (QED) is 0.718. The van der Waals surface area contributed by atoms with Crippen molar-refractivity contribution in [2.75, 3.05) is 32.8 Å². The predicted octanol–water partition coefficient (Wildman–Crippen LogP) is 2.63. The smallest absolute Gasteiger partial charge is 0.0953 e. The van der Waals surface area contributed by atoms with Gasteiger partial charge in [-0.05, 0) is 19.1 Å². The number of ether oxygens (including phenoxy) is 1. The topological polar surface area (TPSA) is 48.1 Å². The highest BCUT2D eigenvalue weighted by Crippen LogP contribution is 2.23. The average Bonchev–Trinajstić information content (AvgIpc) is 3.32. The summed E-state index contributed by atoms with van der Waals surface area (Å²) in [4.78, 5) is 6.83. The maximum absolute atomic E-state index is 5.44. The first-order valence-corrected chi connectivity index (χ1v) is 8.73. The van der Waals surface area contributed by atoms with E-state index in [9.17, 15) is 0 Å². The largest absolute Gasteiger partial charge is 0.379 e. The molecule has 0 aliphatic carbocycles. The van der Waals surface area contributed by atoms with Crippen molar-refractivity contribution < 1.29 is 4.74 Å². The van der Waals surface area contributed by atoms with E-state index in [1.807, 2.05) is 41.6 Å². The van der Waals surface area contributed by atoms with Gasteiger partial charge in [0.05, 0.1) is 43.3 Å². The molecule has 0 spiro atoms. The first-order chi connectivity index (χ1) is 12.3. The average molecular weight is 337 g/mol. The third-order valence-corrected chi connectivity index (χ3v) is 4.67. The molecule has 0 N–H and O–H groups in total. The zero-order valence-corrected chi connectivity index (χ0v) is 14.5. The molecule has 25 heavy (non-hydrogen) atoms. The second kappa shape index (κ2) is 7.21. The highest BCUT2D eigenvalue weighted by molar-refractivity contribution is 5.57. The summed E-state index contributed by atoms with van der Waals surface area (Å²) >= 11 is 0. The van der Waals surface area contributed by atoms with Crippen LogP contribution >= 0.6 is 0 Å². The lowest BCUT2D eigenvalue weighted by molar-refractivity contribution is 0.0326. The van der Waals surface area contributed by atoms with Gasteiger partial charge in [0.1, 0.15) is 0 Å². The molecule has 0 bridgehead atoms. The van der Waals surface area contributed by atoms with Gasteiger partial charge in [0, 0.05) is 37.4 Å². The van der Waals surface area contributed by atoms with Gasteiger partial charge in [-0.2, -0.15) is 5.10 Å². The Hall–Kier alpha value is -2.44. The molecular weight excluding hydrogens is 314 g/mol. The van der Waals surface area contributed by atoms with Gasteiger partial charge in [0.15, 0.2) is 0 Å². The molecule has 4 rings (SSSR count). The SMILES string of the molecule is C[C@H](CN1CCOCC1)n1cncc1-c1cnn(-c2ccccc2)c1.